The zero-order valence-corrected chi connectivity index (χ0v) is 16.9. The average molecular weight is 354 g/mol. The highest BCUT2D eigenvalue weighted by atomic mass is 32.1. The molecule has 0 saturated carbocycles. The molecule has 0 radical (unpaired) electrons. The van der Waals surface area contributed by atoms with Crippen LogP contribution in [0.3, 0.4) is 0 Å². The van der Waals surface area contributed by atoms with E-state index in [1.54, 1.807) is 0 Å². The quantitative estimate of drug-likeness (QED) is 0.365. The molecule has 0 saturated heterocycles. The van der Waals surface area contributed by atoms with Crippen molar-refractivity contribution in [2.24, 2.45) is 4.99 Å². The van der Waals surface area contributed by atoms with Crippen molar-refractivity contribution in [1.29, 1.82) is 0 Å². The van der Waals surface area contributed by atoms with Crippen LogP contribution in [-0.2, 0) is 12.8 Å². The maximum Gasteiger partial charge on any atom is 0.191 e. The Morgan fingerprint density at radius 2 is 2.08 bits per heavy atom. The summed E-state index contributed by atoms with van der Waals surface area (Å²) in [6.45, 7) is 12.5. The molecule has 138 valence electrons. The molecule has 1 rings (SSSR count). The molecule has 0 aliphatic carbocycles. The Kier molecular flexibility index (Phi) is 10.7. The van der Waals surface area contributed by atoms with E-state index in [2.05, 4.69) is 60.3 Å². The summed E-state index contributed by atoms with van der Waals surface area (Å²) in [7, 11) is 2.18. The standard InChI is InChI=1S/C18H35N5S/c1-6-16-14-22-17(24-16)10-12-21-18(19-7-2)20-11-8-9-13-23(5)15(3)4/h14-15H,6-13H2,1-5H3,(H2,19,20,21). The van der Waals surface area contributed by atoms with Crippen LogP contribution in [0.1, 0.15) is 50.4 Å². The Hall–Kier alpha value is -1.14. The lowest BCUT2D eigenvalue weighted by Gasteiger charge is -2.20. The van der Waals surface area contributed by atoms with Gasteiger partial charge in [-0.25, -0.2) is 4.98 Å². The van der Waals surface area contributed by atoms with Crippen LogP contribution in [-0.4, -0.2) is 55.1 Å². The summed E-state index contributed by atoms with van der Waals surface area (Å²) >= 11 is 1.81. The van der Waals surface area contributed by atoms with Crippen molar-refractivity contribution in [3.8, 4) is 0 Å². The van der Waals surface area contributed by atoms with Gasteiger partial charge in [-0.1, -0.05) is 6.92 Å². The molecule has 1 heterocycles. The molecule has 1 aromatic rings. The second-order valence-corrected chi connectivity index (χ2v) is 7.49. The highest BCUT2D eigenvalue weighted by Crippen LogP contribution is 2.13. The van der Waals surface area contributed by atoms with Gasteiger partial charge in [0.05, 0.1) is 5.01 Å². The normalized spacial score (nSPS) is 12.2. The van der Waals surface area contributed by atoms with Crippen LogP contribution < -0.4 is 10.6 Å². The lowest BCUT2D eigenvalue weighted by Crippen LogP contribution is -2.38. The minimum absolute atomic E-state index is 0.617. The minimum Gasteiger partial charge on any atom is -0.357 e. The summed E-state index contributed by atoms with van der Waals surface area (Å²) < 4.78 is 0. The van der Waals surface area contributed by atoms with Crippen molar-refractivity contribution in [1.82, 2.24) is 20.5 Å². The minimum atomic E-state index is 0.617. The molecular weight excluding hydrogens is 318 g/mol. The van der Waals surface area contributed by atoms with Gasteiger partial charge in [-0.3, -0.25) is 4.99 Å². The summed E-state index contributed by atoms with van der Waals surface area (Å²) in [5, 5.41) is 7.92. The third kappa shape index (κ3) is 8.64. The third-order valence-electron chi connectivity index (χ3n) is 4.00. The van der Waals surface area contributed by atoms with Gasteiger partial charge in [-0.2, -0.15) is 0 Å². The lowest BCUT2D eigenvalue weighted by molar-refractivity contribution is 0.269. The van der Waals surface area contributed by atoms with E-state index in [0.29, 0.717) is 6.04 Å². The number of nitrogens with zero attached hydrogens (tertiary/aromatic N) is 3. The summed E-state index contributed by atoms with van der Waals surface area (Å²) in [6.07, 6.45) is 6.33. The fourth-order valence-corrected chi connectivity index (χ4v) is 3.04. The van der Waals surface area contributed by atoms with Crippen molar-refractivity contribution in [2.75, 3.05) is 33.2 Å². The van der Waals surface area contributed by atoms with Crippen LogP contribution in [0, 0.1) is 0 Å². The molecule has 0 amide bonds. The molecule has 0 atom stereocenters. The average Bonchev–Trinajstić information content (AvgIpc) is 3.02. The monoisotopic (exact) mass is 353 g/mol. The first-order valence-corrected chi connectivity index (χ1v) is 10.0. The maximum atomic E-state index is 4.67. The van der Waals surface area contributed by atoms with Gasteiger partial charge in [-0.15, -0.1) is 11.3 Å². The summed E-state index contributed by atoms with van der Waals surface area (Å²) in [6, 6.07) is 0.617. The summed E-state index contributed by atoms with van der Waals surface area (Å²) in [4.78, 5) is 12.9. The highest BCUT2D eigenvalue weighted by molar-refractivity contribution is 7.11. The molecule has 5 nitrogen and oxygen atoms in total. The number of unbranched alkanes of at least 4 members (excludes halogenated alkanes) is 1. The fourth-order valence-electron chi connectivity index (χ4n) is 2.18. The largest absolute Gasteiger partial charge is 0.357 e. The number of aliphatic imine (C=N–C) groups is 1. The third-order valence-corrected chi connectivity index (χ3v) is 5.20. The second-order valence-electron chi connectivity index (χ2n) is 6.29. The van der Waals surface area contributed by atoms with Crippen molar-refractivity contribution in [3.63, 3.8) is 0 Å². The zero-order chi connectivity index (χ0) is 17.8. The van der Waals surface area contributed by atoms with Crippen molar-refractivity contribution in [2.45, 2.75) is 59.4 Å². The second kappa shape index (κ2) is 12.3. The van der Waals surface area contributed by atoms with E-state index in [-0.39, 0.29) is 0 Å². The Balaban J connectivity index is 2.26. The van der Waals surface area contributed by atoms with Gasteiger partial charge in [0.15, 0.2) is 5.96 Å². The lowest BCUT2D eigenvalue weighted by atomic mass is 10.2. The molecule has 0 fully saturated rings. The number of guanidine groups is 1. The van der Waals surface area contributed by atoms with Gasteiger partial charge in [0, 0.05) is 43.2 Å². The predicted octanol–water partition coefficient (Wildman–Crippen LogP) is 2.92. The van der Waals surface area contributed by atoms with E-state index in [4.69, 9.17) is 0 Å². The molecule has 1 aromatic heterocycles. The number of thiazole rings is 1. The Morgan fingerprint density at radius 3 is 2.71 bits per heavy atom. The molecule has 0 unspecified atom stereocenters. The van der Waals surface area contributed by atoms with E-state index >= 15 is 0 Å². The first-order chi connectivity index (χ1) is 11.6. The van der Waals surface area contributed by atoms with Gasteiger partial charge in [0.1, 0.15) is 0 Å². The zero-order valence-electron chi connectivity index (χ0n) is 16.1. The van der Waals surface area contributed by atoms with E-state index < -0.39 is 0 Å². The van der Waals surface area contributed by atoms with Crippen LogP contribution in [0.5, 0.6) is 0 Å². The fraction of sp³-hybridized carbons (Fsp3) is 0.778. The number of aromatic nitrogens is 1. The van der Waals surface area contributed by atoms with Gasteiger partial charge >= 0.3 is 0 Å². The smallest absolute Gasteiger partial charge is 0.191 e. The number of hydrogen-bond donors (Lipinski definition) is 2. The van der Waals surface area contributed by atoms with Gasteiger partial charge in [0.25, 0.3) is 0 Å². The first kappa shape index (κ1) is 20.9. The Bertz CT molecular complexity index is 470. The summed E-state index contributed by atoms with van der Waals surface area (Å²) in [5.74, 6) is 0.919. The molecule has 6 heteroatoms. The number of rotatable bonds is 11. The van der Waals surface area contributed by atoms with Crippen molar-refractivity contribution >= 4 is 17.3 Å². The first-order valence-electron chi connectivity index (χ1n) is 9.22. The van der Waals surface area contributed by atoms with Crippen LogP contribution in [0.15, 0.2) is 11.2 Å². The molecule has 0 bridgehead atoms. The van der Waals surface area contributed by atoms with Crippen LogP contribution in [0.4, 0.5) is 0 Å². The molecular formula is C18H35N5S. The van der Waals surface area contributed by atoms with Crippen LogP contribution >= 0.6 is 11.3 Å². The molecule has 0 aliphatic rings. The SMILES string of the molecule is CCNC(=NCCCCN(C)C(C)C)NCCc1ncc(CC)s1. The van der Waals surface area contributed by atoms with Gasteiger partial charge in [0.2, 0.25) is 0 Å². The van der Waals surface area contributed by atoms with E-state index in [1.165, 1.54) is 16.3 Å². The maximum absolute atomic E-state index is 4.67. The topological polar surface area (TPSA) is 52.6 Å². The van der Waals surface area contributed by atoms with Crippen molar-refractivity contribution in [3.05, 3.63) is 16.1 Å². The number of nitrogens with one attached hydrogen (secondary N) is 2. The van der Waals surface area contributed by atoms with E-state index in [0.717, 1.165) is 51.4 Å². The predicted molar refractivity (Wildman–Crippen MR) is 106 cm³/mol. The van der Waals surface area contributed by atoms with E-state index in [1.807, 2.05) is 17.5 Å². The molecule has 0 aromatic carbocycles. The van der Waals surface area contributed by atoms with Crippen LogP contribution in [0.25, 0.3) is 0 Å². The number of hydrogen-bond acceptors (Lipinski definition) is 4. The summed E-state index contributed by atoms with van der Waals surface area (Å²) in [5.41, 5.74) is 0. The van der Waals surface area contributed by atoms with E-state index in [9.17, 15) is 0 Å². The molecule has 0 aliphatic heterocycles. The van der Waals surface area contributed by atoms with Gasteiger partial charge in [-0.05, 0) is 53.6 Å². The molecule has 0 spiro atoms. The Morgan fingerprint density at radius 1 is 1.29 bits per heavy atom. The number of aryl methyl sites for hydroxylation is 1. The molecule has 2 N–H and O–H groups in total. The van der Waals surface area contributed by atoms with Gasteiger partial charge < -0.3 is 15.5 Å². The van der Waals surface area contributed by atoms with Crippen molar-refractivity contribution < 1.29 is 0 Å². The Labute approximate surface area is 152 Å². The van der Waals surface area contributed by atoms with Crippen LogP contribution in [0.2, 0.25) is 0 Å². The highest BCUT2D eigenvalue weighted by Gasteiger charge is 2.03. The molecule has 24 heavy (non-hydrogen) atoms.